The molecule has 0 saturated heterocycles. The van der Waals surface area contributed by atoms with Gasteiger partial charge in [0.15, 0.2) is 17.2 Å². The Labute approximate surface area is 169 Å². The monoisotopic (exact) mass is 400 g/mol. The molecule has 0 unspecified atom stereocenters. The fourth-order valence-corrected chi connectivity index (χ4v) is 3.55. The summed E-state index contributed by atoms with van der Waals surface area (Å²) >= 11 is 0. The lowest BCUT2D eigenvalue weighted by molar-refractivity contribution is 0.102. The summed E-state index contributed by atoms with van der Waals surface area (Å²) in [5, 5.41) is 7.47. The minimum atomic E-state index is -0.299. The summed E-state index contributed by atoms with van der Waals surface area (Å²) in [6.07, 6.45) is 3.78. The Morgan fingerprint density at radius 3 is 2.87 bits per heavy atom. The first-order chi connectivity index (χ1) is 14.7. The first-order valence-electron chi connectivity index (χ1n) is 9.68. The van der Waals surface area contributed by atoms with Crippen LogP contribution in [0.5, 0.6) is 0 Å². The van der Waals surface area contributed by atoms with Crippen molar-refractivity contribution in [1.82, 2.24) is 15.1 Å². The SMILES string of the molecule is Cc1noc2nc(-c3ccco3)cc(C(=O)Nc3ccc4oc(C5CC5)nc4c3)c12. The Balaban J connectivity index is 1.39. The topological polar surface area (TPSA) is 107 Å². The van der Waals surface area contributed by atoms with E-state index < -0.39 is 0 Å². The van der Waals surface area contributed by atoms with Crippen LogP contribution in [-0.2, 0) is 0 Å². The molecular formula is C22H16N4O4. The van der Waals surface area contributed by atoms with E-state index in [0.717, 1.165) is 29.8 Å². The lowest BCUT2D eigenvalue weighted by Gasteiger charge is -2.07. The Morgan fingerprint density at radius 2 is 2.07 bits per heavy atom. The van der Waals surface area contributed by atoms with Crippen LogP contribution in [0.25, 0.3) is 33.7 Å². The number of hydrogen-bond acceptors (Lipinski definition) is 7. The van der Waals surface area contributed by atoms with E-state index in [1.807, 2.05) is 12.1 Å². The number of carbonyl (C=O) groups excluding carboxylic acids is 1. The lowest BCUT2D eigenvalue weighted by atomic mass is 10.1. The molecule has 8 heteroatoms. The van der Waals surface area contributed by atoms with E-state index >= 15 is 0 Å². The van der Waals surface area contributed by atoms with Gasteiger partial charge in [0.05, 0.1) is 22.9 Å². The third kappa shape index (κ3) is 2.76. The normalized spacial score (nSPS) is 13.9. The summed E-state index contributed by atoms with van der Waals surface area (Å²) in [5.41, 5.74) is 3.85. The summed E-state index contributed by atoms with van der Waals surface area (Å²) in [5.74, 6) is 1.44. The van der Waals surface area contributed by atoms with Crippen molar-refractivity contribution in [3.05, 3.63) is 59.8 Å². The second-order valence-corrected chi connectivity index (χ2v) is 7.44. The molecule has 30 heavy (non-hydrogen) atoms. The number of pyridine rings is 1. The maximum atomic E-state index is 13.2. The maximum Gasteiger partial charge on any atom is 0.259 e. The summed E-state index contributed by atoms with van der Waals surface area (Å²) in [7, 11) is 0. The molecule has 0 radical (unpaired) electrons. The van der Waals surface area contributed by atoms with E-state index in [9.17, 15) is 4.79 Å². The van der Waals surface area contributed by atoms with Gasteiger partial charge in [0.2, 0.25) is 0 Å². The van der Waals surface area contributed by atoms with Gasteiger partial charge in [0.25, 0.3) is 11.6 Å². The molecule has 4 heterocycles. The maximum absolute atomic E-state index is 13.2. The van der Waals surface area contributed by atoms with Crippen molar-refractivity contribution < 1.29 is 18.2 Å². The summed E-state index contributed by atoms with van der Waals surface area (Å²) in [6, 6.07) is 10.7. The average Bonchev–Trinajstić information content (AvgIpc) is 3.14. The van der Waals surface area contributed by atoms with Crippen molar-refractivity contribution >= 4 is 33.8 Å². The molecule has 1 aliphatic rings. The number of nitrogens with one attached hydrogen (secondary N) is 1. The Morgan fingerprint density at radius 1 is 1.17 bits per heavy atom. The number of oxazole rings is 1. The third-order valence-electron chi connectivity index (χ3n) is 5.22. The van der Waals surface area contributed by atoms with Gasteiger partial charge in [-0.15, -0.1) is 0 Å². The fraction of sp³-hybridized carbons (Fsp3) is 0.182. The molecule has 1 N–H and O–H groups in total. The Kier molecular flexibility index (Phi) is 3.55. The number of nitrogens with zero attached hydrogens (tertiary/aromatic N) is 3. The zero-order valence-corrected chi connectivity index (χ0v) is 16.0. The largest absolute Gasteiger partial charge is 0.463 e. The van der Waals surface area contributed by atoms with Crippen LogP contribution < -0.4 is 5.32 Å². The zero-order valence-electron chi connectivity index (χ0n) is 16.0. The van der Waals surface area contributed by atoms with Crippen LogP contribution in [0.15, 0.2) is 56.0 Å². The number of anilines is 1. The van der Waals surface area contributed by atoms with E-state index in [1.165, 1.54) is 0 Å². The Hall–Kier alpha value is -3.94. The van der Waals surface area contributed by atoms with Gasteiger partial charge in [-0.2, -0.15) is 0 Å². The van der Waals surface area contributed by atoms with Gasteiger partial charge in [-0.05, 0) is 56.2 Å². The minimum absolute atomic E-state index is 0.285. The first-order valence-corrected chi connectivity index (χ1v) is 9.68. The van der Waals surface area contributed by atoms with E-state index in [1.54, 1.807) is 37.5 Å². The number of hydrogen-bond donors (Lipinski definition) is 1. The second-order valence-electron chi connectivity index (χ2n) is 7.44. The summed E-state index contributed by atoms with van der Waals surface area (Å²) in [4.78, 5) is 22.2. The molecule has 0 spiro atoms. The smallest absolute Gasteiger partial charge is 0.259 e. The van der Waals surface area contributed by atoms with Crippen molar-refractivity contribution in [1.29, 1.82) is 0 Å². The molecule has 1 amide bonds. The molecule has 1 aromatic carbocycles. The number of carbonyl (C=O) groups is 1. The molecule has 1 saturated carbocycles. The minimum Gasteiger partial charge on any atom is -0.463 e. The van der Waals surface area contributed by atoms with Gasteiger partial charge >= 0.3 is 0 Å². The number of furan rings is 1. The molecule has 4 aromatic heterocycles. The molecule has 1 fully saturated rings. The van der Waals surface area contributed by atoms with Gasteiger partial charge in [0, 0.05) is 11.6 Å². The van der Waals surface area contributed by atoms with Crippen LogP contribution >= 0.6 is 0 Å². The number of aryl methyl sites for hydroxylation is 1. The van der Waals surface area contributed by atoms with Crippen molar-refractivity contribution in [2.45, 2.75) is 25.7 Å². The van der Waals surface area contributed by atoms with E-state index in [-0.39, 0.29) is 11.6 Å². The number of benzene rings is 1. The quantitative estimate of drug-likeness (QED) is 0.449. The number of fused-ring (bicyclic) bond motifs is 2. The van der Waals surface area contributed by atoms with Crippen molar-refractivity contribution in [2.24, 2.45) is 0 Å². The fourth-order valence-electron chi connectivity index (χ4n) is 3.55. The van der Waals surface area contributed by atoms with Gasteiger partial charge < -0.3 is 18.7 Å². The molecule has 8 nitrogen and oxygen atoms in total. The van der Waals surface area contributed by atoms with E-state index in [4.69, 9.17) is 13.4 Å². The highest BCUT2D eigenvalue weighted by atomic mass is 16.5. The molecule has 5 aromatic rings. The summed E-state index contributed by atoms with van der Waals surface area (Å²) in [6.45, 7) is 1.78. The highest BCUT2D eigenvalue weighted by Gasteiger charge is 2.29. The highest BCUT2D eigenvalue weighted by molar-refractivity contribution is 6.13. The van der Waals surface area contributed by atoms with Gasteiger partial charge in [0.1, 0.15) is 11.2 Å². The van der Waals surface area contributed by atoms with Gasteiger partial charge in [-0.25, -0.2) is 9.97 Å². The van der Waals surface area contributed by atoms with E-state index in [2.05, 4.69) is 20.4 Å². The van der Waals surface area contributed by atoms with Crippen molar-refractivity contribution in [2.75, 3.05) is 5.32 Å². The number of rotatable bonds is 4. The highest BCUT2D eigenvalue weighted by Crippen LogP contribution is 2.40. The Bertz CT molecular complexity index is 1410. The number of aromatic nitrogens is 3. The van der Waals surface area contributed by atoms with Gasteiger partial charge in [-0.1, -0.05) is 5.16 Å². The predicted molar refractivity (Wildman–Crippen MR) is 108 cm³/mol. The van der Waals surface area contributed by atoms with Crippen LogP contribution in [0.3, 0.4) is 0 Å². The molecule has 148 valence electrons. The first kappa shape index (κ1) is 17.0. The molecule has 0 bridgehead atoms. The predicted octanol–water partition coefficient (Wildman–Crippen LogP) is 5.06. The molecular weight excluding hydrogens is 384 g/mol. The van der Waals surface area contributed by atoms with Gasteiger partial charge in [-0.3, -0.25) is 4.79 Å². The van der Waals surface area contributed by atoms with Crippen LogP contribution in [0.2, 0.25) is 0 Å². The van der Waals surface area contributed by atoms with Crippen LogP contribution in [0, 0.1) is 6.92 Å². The molecule has 6 rings (SSSR count). The van der Waals surface area contributed by atoms with Crippen LogP contribution in [-0.4, -0.2) is 21.0 Å². The second kappa shape index (κ2) is 6.28. The lowest BCUT2D eigenvalue weighted by Crippen LogP contribution is -2.13. The third-order valence-corrected chi connectivity index (χ3v) is 5.22. The molecule has 0 atom stereocenters. The van der Waals surface area contributed by atoms with Crippen LogP contribution in [0.4, 0.5) is 5.69 Å². The average molecular weight is 400 g/mol. The molecule has 1 aliphatic carbocycles. The standard InChI is InChI=1S/C22H16N4O4/c1-11-19-14(10-16(17-3-2-8-28-17)25-22(19)30-26-11)20(27)23-13-6-7-18-15(9-13)24-21(29-18)12-4-5-12/h2-3,6-10,12H,4-5H2,1H3,(H,23,27). The zero-order chi connectivity index (χ0) is 20.2. The van der Waals surface area contributed by atoms with E-state index in [0.29, 0.717) is 39.7 Å². The van der Waals surface area contributed by atoms with Crippen LogP contribution in [0.1, 0.15) is 40.7 Å². The molecule has 0 aliphatic heterocycles. The summed E-state index contributed by atoms with van der Waals surface area (Å²) < 4.78 is 16.5. The van der Waals surface area contributed by atoms with Crippen molar-refractivity contribution in [3.63, 3.8) is 0 Å². The number of amides is 1. The van der Waals surface area contributed by atoms with Crippen molar-refractivity contribution in [3.8, 4) is 11.5 Å².